The summed E-state index contributed by atoms with van der Waals surface area (Å²) in [5.41, 5.74) is 2.36. The molecule has 0 heterocycles. The van der Waals surface area contributed by atoms with Crippen molar-refractivity contribution >= 4 is 17.4 Å². The highest BCUT2D eigenvalue weighted by molar-refractivity contribution is 7.99. The van der Waals surface area contributed by atoms with Crippen LogP contribution in [0.5, 0.6) is 5.75 Å². The fourth-order valence-electron chi connectivity index (χ4n) is 1.71. The van der Waals surface area contributed by atoms with Gasteiger partial charge in [0.25, 0.3) is 0 Å². The topological polar surface area (TPSA) is 21.3 Å². The van der Waals surface area contributed by atoms with E-state index in [1.807, 2.05) is 13.1 Å². The van der Waals surface area contributed by atoms with Gasteiger partial charge in [0.1, 0.15) is 5.75 Å². The minimum absolute atomic E-state index is 0.904. The average Bonchev–Trinajstić information content (AvgIpc) is 2.41. The predicted molar refractivity (Wildman–Crippen MR) is 77.8 cm³/mol. The third-order valence-corrected chi connectivity index (χ3v) is 3.90. The van der Waals surface area contributed by atoms with Crippen LogP contribution in [-0.2, 0) is 0 Å². The van der Waals surface area contributed by atoms with Crippen molar-refractivity contribution in [2.45, 2.75) is 16.7 Å². The second-order valence-electron chi connectivity index (χ2n) is 4.01. The van der Waals surface area contributed by atoms with Gasteiger partial charge in [-0.25, -0.2) is 0 Å². The summed E-state index contributed by atoms with van der Waals surface area (Å²) in [5, 5.41) is 3.15. The van der Waals surface area contributed by atoms with E-state index < -0.39 is 0 Å². The second kappa shape index (κ2) is 5.83. The van der Waals surface area contributed by atoms with Gasteiger partial charge in [0, 0.05) is 22.5 Å². The summed E-state index contributed by atoms with van der Waals surface area (Å²) in [6, 6.07) is 14.5. The Morgan fingerprint density at radius 1 is 1.11 bits per heavy atom. The zero-order chi connectivity index (χ0) is 13.0. The Kier molecular flexibility index (Phi) is 4.15. The smallest absolute Gasteiger partial charge is 0.119 e. The van der Waals surface area contributed by atoms with Gasteiger partial charge in [-0.15, -0.1) is 0 Å². The molecule has 0 aliphatic carbocycles. The minimum Gasteiger partial charge on any atom is -0.497 e. The Morgan fingerprint density at radius 3 is 2.61 bits per heavy atom. The lowest BCUT2D eigenvalue weighted by atomic mass is 10.2. The van der Waals surface area contributed by atoms with Gasteiger partial charge >= 0.3 is 0 Å². The van der Waals surface area contributed by atoms with Gasteiger partial charge in [0.15, 0.2) is 0 Å². The van der Waals surface area contributed by atoms with Gasteiger partial charge in [-0.1, -0.05) is 17.8 Å². The van der Waals surface area contributed by atoms with Crippen LogP contribution in [0.4, 0.5) is 5.69 Å². The molecule has 2 nitrogen and oxygen atoms in total. The van der Waals surface area contributed by atoms with Crippen LogP contribution in [0, 0.1) is 6.92 Å². The van der Waals surface area contributed by atoms with Crippen LogP contribution in [0.2, 0.25) is 0 Å². The number of rotatable bonds is 4. The van der Waals surface area contributed by atoms with E-state index in [0.29, 0.717) is 0 Å². The monoisotopic (exact) mass is 259 g/mol. The molecule has 0 fully saturated rings. The molecule has 2 aromatic rings. The number of anilines is 1. The molecule has 3 heteroatoms. The van der Waals surface area contributed by atoms with E-state index in [1.54, 1.807) is 18.9 Å². The summed E-state index contributed by atoms with van der Waals surface area (Å²) in [6.07, 6.45) is 0. The average molecular weight is 259 g/mol. The molecule has 0 unspecified atom stereocenters. The van der Waals surface area contributed by atoms with E-state index in [-0.39, 0.29) is 0 Å². The molecule has 0 spiro atoms. The first-order chi connectivity index (χ1) is 8.72. The van der Waals surface area contributed by atoms with Crippen LogP contribution in [-0.4, -0.2) is 14.2 Å². The number of ether oxygens (including phenoxy) is 1. The predicted octanol–water partition coefficient (Wildman–Crippen LogP) is 4.20. The molecule has 0 saturated heterocycles. The second-order valence-corrected chi connectivity index (χ2v) is 5.13. The largest absolute Gasteiger partial charge is 0.497 e. The highest BCUT2D eigenvalue weighted by atomic mass is 32.2. The van der Waals surface area contributed by atoms with E-state index in [2.05, 4.69) is 48.6 Å². The van der Waals surface area contributed by atoms with Crippen molar-refractivity contribution in [3.8, 4) is 5.75 Å². The number of hydrogen-bond donors (Lipinski definition) is 1. The first kappa shape index (κ1) is 12.8. The van der Waals surface area contributed by atoms with Crippen LogP contribution in [0.3, 0.4) is 0 Å². The Bertz CT molecular complexity index is 540. The lowest BCUT2D eigenvalue weighted by molar-refractivity contribution is 0.414. The molecule has 0 aliphatic rings. The lowest BCUT2D eigenvalue weighted by Crippen LogP contribution is -1.88. The van der Waals surface area contributed by atoms with Crippen LogP contribution in [0.1, 0.15) is 5.56 Å². The molecular weight excluding hydrogens is 242 g/mol. The summed E-state index contributed by atoms with van der Waals surface area (Å²) in [6.45, 7) is 2.10. The van der Waals surface area contributed by atoms with E-state index in [0.717, 1.165) is 11.4 Å². The van der Waals surface area contributed by atoms with Crippen molar-refractivity contribution in [1.29, 1.82) is 0 Å². The third kappa shape index (κ3) is 2.99. The molecule has 0 radical (unpaired) electrons. The molecule has 0 bridgehead atoms. The molecule has 18 heavy (non-hydrogen) atoms. The zero-order valence-electron chi connectivity index (χ0n) is 10.9. The van der Waals surface area contributed by atoms with E-state index in [1.165, 1.54) is 15.4 Å². The fourth-order valence-corrected chi connectivity index (χ4v) is 2.65. The van der Waals surface area contributed by atoms with Gasteiger partial charge < -0.3 is 10.1 Å². The Hall–Kier alpha value is -1.61. The van der Waals surface area contributed by atoms with Gasteiger partial charge in [0.2, 0.25) is 0 Å². The first-order valence-corrected chi connectivity index (χ1v) is 6.65. The van der Waals surface area contributed by atoms with Gasteiger partial charge in [-0.3, -0.25) is 0 Å². The van der Waals surface area contributed by atoms with E-state index in [4.69, 9.17) is 4.74 Å². The Balaban J connectivity index is 2.22. The number of benzene rings is 2. The van der Waals surface area contributed by atoms with Crippen molar-refractivity contribution in [2.24, 2.45) is 0 Å². The standard InChI is InChI=1S/C15H17NOS/c1-11-9-13(17-3)7-8-15(11)18-14-6-4-5-12(10-14)16-2/h4-10,16H,1-3H3. The molecule has 0 aromatic heterocycles. The summed E-state index contributed by atoms with van der Waals surface area (Å²) < 4.78 is 5.22. The van der Waals surface area contributed by atoms with Crippen molar-refractivity contribution < 1.29 is 4.74 Å². The summed E-state index contributed by atoms with van der Waals surface area (Å²) in [4.78, 5) is 2.49. The molecule has 94 valence electrons. The quantitative estimate of drug-likeness (QED) is 0.889. The Labute approximate surface area is 112 Å². The molecule has 2 aromatic carbocycles. The molecule has 2 rings (SSSR count). The summed E-state index contributed by atoms with van der Waals surface area (Å²) in [7, 11) is 3.63. The van der Waals surface area contributed by atoms with Crippen LogP contribution >= 0.6 is 11.8 Å². The molecular formula is C15H17NOS. The summed E-state index contributed by atoms with van der Waals surface area (Å²) in [5.74, 6) is 0.904. The Morgan fingerprint density at radius 2 is 1.94 bits per heavy atom. The number of hydrogen-bond acceptors (Lipinski definition) is 3. The van der Waals surface area contributed by atoms with Gasteiger partial charge in [-0.2, -0.15) is 0 Å². The fraction of sp³-hybridized carbons (Fsp3) is 0.200. The number of nitrogens with one attached hydrogen (secondary N) is 1. The van der Waals surface area contributed by atoms with Crippen molar-refractivity contribution in [1.82, 2.24) is 0 Å². The molecule has 0 saturated carbocycles. The zero-order valence-corrected chi connectivity index (χ0v) is 11.7. The highest BCUT2D eigenvalue weighted by Gasteiger charge is 2.03. The van der Waals surface area contributed by atoms with Gasteiger partial charge in [0.05, 0.1) is 7.11 Å². The number of aryl methyl sites for hydroxylation is 1. The van der Waals surface area contributed by atoms with Crippen LogP contribution < -0.4 is 10.1 Å². The molecule has 0 atom stereocenters. The normalized spacial score (nSPS) is 10.2. The van der Waals surface area contributed by atoms with Crippen molar-refractivity contribution in [3.63, 3.8) is 0 Å². The van der Waals surface area contributed by atoms with Crippen molar-refractivity contribution in [2.75, 3.05) is 19.5 Å². The van der Waals surface area contributed by atoms with Crippen molar-refractivity contribution in [3.05, 3.63) is 48.0 Å². The molecule has 0 amide bonds. The van der Waals surface area contributed by atoms with E-state index >= 15 is 0 Å². The van der Waals surface area contributed by atoms with Gasteiger partial charge in [-0.05, 0) is 48.9 Å². The maximum atomic E-state index is 5.22. The third-order valence-electron chi connectivity index (χ3n) is 2.73. The van der Waals surface area contributed by atoms with E-state index in [9.17, 15) is 0 Å². The highest BCUT2D eigenvalue weighted by Crippen LogP contribution is 2.33. The van der Waals surface area contributed by atoms with Crippen LogP contribution in [0.15, 0.2) is 52.3 Å². The lowest BCUT2D eigenvalue weighted by Gasteiger charge is -2.08. The maximum absolute atomic E-state index is 5.22. The maximum Gasteiger partial charge on any atom is 0.119 e. The van der Waals surface area contributed by atoms with Crippen LogP contribution in [0.25, 0.3) is 0 Å². The first-order valence-electron chi connectivity index (χ1n) is 5.83. The molecule has 0 aliphatic heterocycles. The SMILES string of the molecule is CNc1cccc(Sc2ccc(OC)cc2C)c1. The molecule has 1 N–H and O–H groups in total. The summed E-state index contributed by atoms with van der Waals surface area (Å²) >= 11 is 1.77. The number of methoxy groups -OCH3 is 1. The minimum atomic E-state index is 0.904.